The minimum atomic E-state index is -1.36. The van der Waals surface area contributed by atoms with Crippen molar-refractivity contribution in [3.05, 3.63) is 36.3 Å². The number of ether oxygens (including phenoxy) is 1. The van der Waals surface area contributed by atoms with Gasteiger partial charge in [-0.15, -0.1) is 0 Å². The highest BCUT2D eigenvalue weighted by Gasteiger charge is 2.66. The summed E-state index contributed by atoms with van der Waals surface area (Å²) in [6, 6.07) is 5.43. The number of hydrogen-bond acceptors (Lipinski definition) is 4. The van der Waals surface area contributed by atoms with Gasteiger partial charge in [-0.05, 0) is 19.1 Å². The Balaban J connectivity index is 1.87. The maximum atomic E-state index is 12.6. The standard InChI is InChI=1S/C17H21N3O4/c1-4-24-12-9-17(15(22)23,16(12,2)3)19-14(21)11-10-20-8-6-5-7-13(20)18-11/h5-8,10,12H,4,9H2,1-3H3,(H,19,21)(H,22,23)/t12-,17+/m1/s1. The van der Waals surface area contributed by atoms with Crippen LogP contribution in [0.4, 0.5) is 0 Å². The van der Waals surface area contributed by atoms with Gasteiger partial charge >= 0.3 is 5.97 Å². The molecule has 2 heterocycles. The maximum absolute atomic E-state index is 12.6. The predicted molar refractivity (Wildman–Crippen MR) is 86.8 cm³/mol. The first kappa shape index (κ1) is 16.4. The molecule has 1 aliphatic carbocycles. The summed E-state index contributed by atoms with van der Waals surface area (Å²) in [5, 5.41) is 12.4. The van der Waals surface area contributed by atoms with Crippen LogP contribution in [0, 0.1) is 5.41 Å². The highest BCUT2D eigenvalue weighted by molar-refractivity contribution is 5.97. The van der Waals surface area contributed by atoms with Gasteiger partial charge in [-0.2, -0.15) is 0 Å². The van der Waals surface area contributed by atoms with Crippen LogP contribution in [0.15, 0.2) is 30.6 Å². The zero-order valence-corrected chi connectivity index (χ0v) is 13.9. The number of rotatable bonds is 5. The second-order valence-electron chi connectivity index (χ2n) is 6.63. The van der Waals surface area contributed by atoms with Crippen LogP contribution in [0.25, 0.3) is 5.65 Å². The Morgan fingerprint density at radius 1 is 1.46 bits per heavy atom. The second-order valence-corrected chi connectivity index (χ2v) is 6.63. The van der Waals surface area contributed by atoms with Gasteiger partial charge in [0, 0.05) is 30.8 Å². The zero-order chi connectivity index (χ0) is 17.5. The van der Waals surface area contributed by atoms with Crippen LogP contribution in [-0.4, -0.2) is 44.6 Å². The molecule has 0 radical (unpaired) electrons. The monoisotopic (exact) mass is 331 g/mol. The molecule has 2 atom stereocenters. The van der Waals surface area contributed by atoms with Crippen LogP contribution < -0.4 is 5.32 Å². The van der Waals surface area contributed by atoms with Gasteiger partial charge in [-0.25, -0.2) is 9.78 Å². The molecule has 0 saturated heterocycles. The predicted octanol–water partition coefficient (Wildman–Crippen LogP) is 1.72. The molecular weight excluding hydrogens is 310 g/mol. The number of nitrogens with one attached hydrogen (secondary N) is 1. The van der Waals surface area contributed by atoms with Gasteiger partial charge in [0.25, 0.3) is 5.91 Å². The van der Waals surface area contributed by atoms with E-state index in [1.165, 1.54) is 0 Å². The third kappa shape index (κ3) is 2.27. The first-order chi connectivity index (χ1) is 11.3. The van der Waals surface area contributed by atoms with E-state index in [9.17, 15) is 14.7 Å². The number of amides is 1. The largest absolute Gasteiger partial charge is 0.479 e. The molecule has 128 valence electrons. The number of carbonyl (C=O) groups is 2. The molecule has 0 unspecified atom stereocenters. The molecule has 7 nitrogen and oxygen atoms in total. The number of hydrogen-bond donors (Lipinski definition) is 2. The summed E-state index contributed by atoms with van der Waals surface area (Å²) in [5.74, 6) is -1.55. The number of carboxylic acid groups (broad SMARTS) is 1. The quantitative estimate of drug-likeness (QED) is 0.870. The Hall–Kier alpha value is -2.41. The fraction of sp³-hybridized carbons (Fsp3) is 0.471. The van der Waals surface area contributed by atoms with E-state index in [0.717, 1.165) is 0 Å². The normalized spacial score (nSPS) is 25.2. The number of aromatic nitrogens is 2. The first-order valence-corrected chi connectivity index (χ1v) is 7.93. The van der Waals surface area contributed by atoms with Crippen molar-refractivity contribution >= 4 is 17.5 Å². The van der Waals surface area contributed by atoms with E-state index < -0.39 is 22.8 Å². The molecule has 24 heavy (non-hydrogen) atoms. The summed E-state index contributed by atoms with van der Waals surface area (Å²) in [6.07, 6.45) is 3.40. The van der Waals surface area contributed by atoms with Crippen LogP contribution in [0.5, 0.6) is 0 Å². The van der Waals surface area contributed by atoms with Crippen molar-refractivity contribution in [1.29, 1.82) is 0 Å². The summed E-state index contributed by atoms with van der Waals surface area (Å²) in [6.45, 7) is 5.97. The number of carbonyl (C=O) groups excluding carboxylic acids is 1. The van der Waals surface area contributed by atoms with Gasteiger partial charge in [-0.1, -0.05) is 19.9 Å². The van der Waals surface area contributed by atoms with E-state index in [0.29, 0.717) is 12.3 Å². The van der Waals surface area contributed by atoms with E-state index in [4.69, 9.17) is 4.74 Å². The molecule has 1 saturated carbocycles. The van der Waals surface area contributed by atoms with Crippen LogP contribution in [0.1, 0.15) is 37.7 Å². The summed E-state index contributed by atoms with van der Waals surface area (Å²) >= 11 is 0. The Labute approximate surface area is 139 Å². The first-order valence-electron chi connectivity index (χ1n) is 7.93. The van der Waals surface area contributed by atoms with Crippen molar-refractivity contribution in [3.63, 3.8) is 0 Å². The van der Waals surface area contributed by atoms with E-state index in [-0.39, 0.29) is 18.2 Å². The number of aliphatic carboxylic acids is 1. The van der Waals surface area contributed by atoms with E-state index >= 15 is 0 Å². The number of carboxylic acids is 1. The van der Waals surface area contributed by atoms with E-state index in [2.05, 4.69) is 10.3 Å². The molecule has 7 heteroatoms. The second kappa shape index (κ2) is 5.59. The van der Waals surface area contributed by atoms with Crippen LogP contribution in [0.3, 0.4) is 0 Å². The van der Waals surface area contributed by atoms with Crippen molar-refractivity contribution in [1.82, 2.24) is 14.7 Å². The van der Waals surface area contributed by atoms with Gasteiger partial charge in [0.2, 0.25) is 0 Å². The third-order valence-electron chi connectivity index (χ3n) is 5.05. The minimum Gasteiger partial charge on any atom is -0.479 e. The van der Waals surface area contributed by atoms with Gasteiger partial charge in [-0.3, -0.25) is 4.79 Å². The minimum absolute atomic E-state index is 0.192. The molecule has 0 aliphatic heterocycles. The van der Waals surface area contributed by atoms with Crippen molar-refractivity contribution in [2.75, 3.05) is 6.61 Å². The van der Waals surface area contributed by atoms with Crippen molar-refractivity contribution in [2.24, 2.45) is 5.41 Å². The highest BCUT2D eigenvalue weighted by Crippen LogP contribution is 2.51. The van der Waals surface area contributed by atoms with Crippen molar-refractivity contribution in [3.8, 4) is 0 Å². The molecule has 3 rings (SSSR count). The lowest BCUT2D eigenvalue weighted by atomic mass is 9.54. The number of pyridine rings is 1. The Bertz CT molecular complexity index is 765. The Kier molecular flexibility index (Phi) is 3.83. The Morgan fingerprint density at radius 2 is 2.21 bits per heavy atom. The molecule has 0 bridgehead atoms. The third-order valence-corrected chi connectivity index (χ3v) is 5.05. The highest BCUT2D eigenvalue weighted by atomic mass is 16.5. The summed E-state index contributed by atoms with van der Waals surface area (Å²) in [7, 11) is 0. The number of fused-ring (bicyclic) bond motifs is 1. The van der Waals surface area contributed by atoms with Gasteiger partial charge in [0.05, 0.1) is 6.10 Å². The smallest absolute Gasteiger partial charge is 0.330 e. The average molecular weight is 331 g/mol. The molecule has 2 aromatic heterocycles. The van der Waals surface area contributed by atoms with Crippen LogP contribution in [-0.2, 0) is 9.53 Å². The average Bonchev–Trinajstić information content (AvgIpc) is 2.97. The summed E-state index contributed by atoms with van der Waals surface area (Å²) < 4.78 is 7.32. The summed E-state index contributed by atoms with van der Waals surface area (Å²) in [5.41, 5.74) is -1.26. The van der Waals surface area contributed by atoms with Crippen LogP contribution >= 0.6 is 0 Å². The van der Waals surface area contributed by atoms with Crippen LogP contribution in [0.2, 0.25) is 0 Å². The molecule has 2 aromatic rings. The fourth-order valence-electron chi connectivity index (χ4n) is 3.34. The summed E-state index contributed by atoms with van der Waals surface area (Å²) in [4.78, 5) is 28.7. The number of imidazole rings is 1. The van der Waals surface area contributed by atoms with E-state index in [1.807, 2.05) is 19.1 Å². The molecule has 0 spiro atoms. The number of nitrogens with zero attached hydrogens (tertiary/aromatic N) is 2. The van der Waals surface area contributed by atoms with Gasteiger partial charge in [0.1, 0.15) is 16.9 Å². The zero-order valence-electron chi connectivity index (χ0n) is 13.9. The molecular formula is C17H21N3O4. The molecule has 1 fully saturated rings. The molecule has 0 aromatic carbocycles. The molecule has 2 N–H and O–H groups in total. The fourth-order valence-corrected chi connectivity index (χ4v) is 3.34. The molecule has 1 aliphatic rings. The van der Waals surface area contributed by atoms with Gasteiger partial charge < -0.3 is 19.6 Å². The topological polar surface area (TPSA) is 92.9 Å². The SMILES string of the molecule is CCO[C@@H]1C[C@](NC(=O)c2cn3ccccc3n2)(C(=O)O)C1(C)C. The molecule has 1 amide bonds. The van der Waals surface area contributed by atoms with Crippen molar-refractivity contribution in [2.45, 2.75) is 38.8 Å². The van der Waals surface area contributed by atoms with Crippen molar-refractivity contribution < 1.29 is 19.4 Å². The van der Waals surface area contributed by atoms with Gasteiger partial charge in [0.15, 0.2) is 0 Å². The lowest BCUT2D eigenvalue weighted by molar-refractivity contribution is -0.190. The lowest BCUT2D eigenvalue weighted by Gasteiger charge is -2.58. The Morgan fingerprint density at radius 3 is 2.79 bits per heavy atom. The maximum Gasteiger partial charge on any atom is 0.330 e. The van der Waals surface area contributed by atoms with E-state index in [1.54, 1.807) is 36.7 Å². The lowest BCUT2D eigenvalue weighted by Crippen LogP contribution is -2.76.